The van der Waals surface area contributed by atoms with E-state index in [1.807, 2.05) is 48.5 Å². The molecule has 3 heteroatoms. The number of rotatable bonds is 6. The third-order valence-electron chi connectivity index (χ3n) is 5.39. The van der Waals surface area contributed by atoms with E-state index in [0.29, 0.717) is 17.7 Å². The molecule has 0 aliphatic rings. The summed E-state index contributed by atoms with van der Waals surface area (Å²) in [6.45, 7) is 8.83. The summed E-state index contributed by atoms with van der Waals surface area (Å²) in [5.41, 5.74) is 7.04. The van der Waals surface area contributed by atoms with E-state index in [-0.39, 0.29) is 0 Å². The molecule has 0 radical (unpaired) electrons. The van der Waals surface area contributed by atoms with Gasteiger partial charge in [-0.25, -0.2) is 9.98 Å². The van der Waals surface area contributed by atoms with E-state index in [2.05, 4.69) is 58.0 Å². The molecule has 156 valence electrons. The van der Waals surface area contributed by atoms with Crippen molar-refractivity contribution >= 4 is 11.4 Å². The Morgan fingerprint density at radius 2 is 1.32 bits per heavy atom. The highest BCUT2D eigenvalue weighted by Gasteiger charge is 2.19. The highest BCUT2D eigenvalue weighted by atomic mass is 16.3. The molecule has 4 rings (SSSR count). The molecule has 0 amide bonds. The van der Waals surface area contributed by atoms with Crippen LogP contribution in [0.3, 0.4) is 0 Å². The number of nitrogens with zero attached hydrogens (tertiary/aromatic N) is 2. The molecule has 0 saturated heterocycles. The van der Waals surface area contributed by atoms with Crippen LogP contribution < -0.4 is 0 Å². The van der Waals surface area contributed by atoms with Gasteiger partial charge in [-0.3, -0.25) is 0 Å². The number of aromatic nitrogens is 1. The van der Waals surface area contributed by atoms with Gasteiger partial charge in [0.15, 0.2) is 0 Å². The number of benzene rings is 3. The van der Waals surface area contributed by atoms with Crippen LogP contribution in [0.5, 0.6) is 0 Å². The van der Waals surface area contributed by atoms with E-state index in [1.165, 1.54) is 11.1 Å². The van der Waals surface area contributed by atoms with Crippen LogP contribution in [0.15, 0.2) is 94.5 Å². The molecule has 0 N–H and O–H groups in total. The van der Waals surface area contributed by atoms with Gasteiger partial charge in [0.05, 0.1) is 5.69 Å². The van der Waals surface area contributed by atoms with Gasteiger partial charge in [-0.05, 0) is 23.0 Å². The second-order valence-electron chi connectivity index (χ2n) is 8.32. The van der Waals surface area contributed by atoms with Gasteiger partial charge in [-0.1, -0.05) is 107 Å². The summed E-state index contributed by atoms with van der Waals surface area (Å²) in [7, 11) is 0. The Balaban J connectivity index is 1.91. The molecule has 3 nitrogen and oxygen atoms in total. The molecular weight excluding hydrogens is 380 g/mol. The normalized spacial score (nSPS) is 12.0. The summed E-state index contributed by atoms with van der Waals surface area (Å²) < 4.78 is 5.97. The smallest absolute Gasteiger partial charge is 0.246 e. The summed E-state index contributed by atoms with van der Waals surface area (Å²) in [4.78, 5) is 10.0. The van der Waals surface area contributed by atoms with Gasteiger partial charge in [-0.2, -0.15) is 0 Å². The third-order valence-corrected chi connectivity index (χ3v) is 5.39. The van der Waals surface area contributed by atoms with E-state index in [9.17, 15) is 0 Å². The molecular formula is C28H28N2O. The highest BCUT2D eigenvalue weighted by molar-refractivity contribution is 6.11. The molecule has 31 heavy (non-hydrogen) atoms. The summed E-state index contributed by atoms with van der Waals surface area (Å²) in [5.74, 6) is 1.25. The first-order chi connectivity index (χ1) is 15.0. The molecule has 0 aliphatic carbocycles. The molecule has 0 bridgehead atoms. The number of hydrogen-bond donors (Lipinski definition) is 0. The number of hydrogen-bond acceptors (Lipinski definition) is 3. The van der Waals surface area contributed by atoms with Crippen LogP contribution in [0.1, 0.15) is 62.1 Å². The largest absolute Gasteiger partial charge is 0.443 e. The maximum absolute atomic E-state index is 5.97. The average Bonchev–Trinajstić information content (AvgIpc) is 3.28. The van der Waals surface area contributed by atoms with Crippen molar-refractivity contribution in [2.75, 3.05) is 0 Å². The van der Waals surface area contributed by atoms with Gasteiger partial charge in [0.2, 0.25) is 5.89 Å². The molecule has 1 aromatic heterocycles. The van der Waals surface area contributed by atoms with Gasteiger partial charge < -0.3 is 4.42 Å². The lowest BCUT2D eigenvalue weighted by atomic mass is 9.92. The molecule has 0 aliphatic heterocycles. The van der Waals surface area contributed by atoms with Crippen LogP contribution in [0.4, 0.5) is 5.69 Å². The fourth-order valence-electron chi connectivity index (χ4n) is 3.71. The van der Waals surface area contributed by atoms with E-state index in [1.54, 1.807) is 6.26 Å². The van der Waals surface area contributed by atoms with Crippen molar-refractivity contribution in [3.63, 3.8) is 0 Å². The average molecular weight is 409 g/mol. The summed E-state index contributed by atoms with van der Waals surface area (Å²) in [5, 5.41) is 0. The Bertz CT molecular complexity index is 1150. The topological polar surface area (TPSA) is 38.4 Å². The van der Waals surface area contributed by atoms with Gasteiger partial charge in [-0.15, -0.1) is 0 Å². The van der Waals surface area contributed by atoms with Crippen LogP contribution in [-0.2, 0) is 0 Å². The molecule has 0 saturated carbocycles. The number of oxazole rings is 1. The van der Waals surface area contributed by atoms with Gasteiger partial charge in [0.1, 0.15) is 17.7 Å². The minimum atomic E-state index is 0.360. The first-order valence-corrected chi connectivity index (χ1v) is 10.8. The molecule has 4 aromatic rings. The molecule has 0 fully saturated rings. The number of para-hydroxylation sites is 1. The summed E-state index contributed by atoms with van der Waals surface area (Å²) >= 11 is 0. The minimum absolute atomic E-state index is 0.360. The monoisotopic (exact) mass is 408 g/mol. The van der Waals surface area contributed by atoms with Crippen LogP contribution in [0.25, 0.3) is 11.3 Å². The SMILES string of the molecule is CC(C)c1cccc(C(C)C)c1/N=C(\c1ccccc1)c1nc(-c2ccccc2)co1. The Morgan fingerprint density at radius 1 is 0.742 bits per heavy atom. The van der Waals surface area contributed by atoms with Gasteiger partial charge in [0.25, 0.3) is 0 Å². The second kappa shape index (κ2) is 9.13. The van der Waals surface area contributed by atoms with Crippen molar-refractivity contribution < 1.29 is 4.42 Å². The Morgan fingerprint density at radius 3 is 1.90 bits per heavy atom. The molecule has 0 spiro atoms. The first kappa shape index (κ1) is 20.8. The van der Waals surface area contributed by atoms with Crippen LogP contribution in [-0.4, -0.2) is 10.7 Å². The molecule has 1 heterocycles. The lowest BCUT2D eigenvalue weighted by molar-refractivity contribution is 0.548. The standard InChI is InChI=1S/C28H28N2O/c1-19(2)23-16-11-17-24(20(3)4)27(23)30-26(22-14-9-6-10-15-22)28-29-25(18-31-28)21-12-7-5-8-13-21/h5-20H,1-4H3/b30-26+. The van der Waals surface area contributed by atoms with Crippen LogP contribution >= 0.6 is 0 Å². The zero-order valence-electron chi connectivity index (χ0n) is 18.5. The van der Waals surface area contributed by atoms with E-state index in [4.69, 9.17) is 14.4 Å². The zero-order valence-corrected chi connectivity index (χ0v) is 18.5. The third kappa shape index (κ3) is 4.51. The van der Waals surface area contributed by atoms with Crippen LogP contribution in [0.2, 0.25) is 0 Å². The molecule has 0 unspecified atom stereocenters. The predicted molar refractivity (Wildman–Crippen MR) is 128 cm³/mol. The lowest BCUT2D eigenvalue weighted by Gasteiger charge is -2.17. The molecule has 0 atom stereocenters. The Kier molecular flexibility index (Phi) is 6.13. The fraction of sp³-hybridized carbons (Fsp3) is 0.214. The van der Waals surface area contributed by atoms with Crippen molar-refractivity contribution in [2.45, 2.75) is 39.5 Å². The summed E-state index contributed by atoms with van der Waals surface area (Å²) in [6.07, 6.45) is 1.71. The van der Waals surface area contributed by atoms with Gasteiger partial charge >= 0.3 is 0 Å². The first-order valence-electron chi connectivity index (χ1n) is 10.8. The van der Waals surface area contributed by atoms with Crippen molar-refractivity contribution in [1.82, 2.24) is 4.98 Å². The van der Waals surface area contributed by atoms with E-state index in [0.717, 1.165) is 28.2 Å². The zero-order chi connectivity index (χ0) is 21.8. The highest BCUT2D eigenvalue weighted by Crippen LogP contribution is 2.36. The van der Waals surface area contributed by atoms with Gasteiger partial charge in [0, 0.05) is 11.1 Å². The maximum Gasteiger partial charge on any atom is 0.246 e. The maximum atomic E-state index is 5.97. The predicted octanol–water partition coefficient (Wildman–Crippen LogP) is 7.76. The number of aliphatic imine (C=N–C) groups is 1. The van der Waals surface area contributed by atoms with E-state index >= 15 is 0 Å². The van der Waals surface area contributed by atoms with Crippen molar-refractivity contribution in [3.05, 3.63) is 108 Å². The minimum Gasteiger partial charge on any atom is -0.443 e. The fourth-order valence-corrected chi connectivity index (χ4v) is 3.71. The Hall–Kier alpha value is -3.46. The molecule has 3 aromatic carbocycles. The quantitative estimate of drug-likeness (QED) is 0.306. The second-order valence-corrected chi connectivity index (χ2v) is 8.32. The Labute approximate surface area is 184 Å². The summed E-state index contributed by atoms with van der Waals surface area (Å²) in [6, 6.07) is 26.7. The van der Waals surface area contributed by atoms with Crippen molar-refractivity contribution in [3.8, 4) is 11.3 Å². The van der Waals surface area contributed by atoms with Crippen molar-refractivity contribution in [1.29, 1.82) is 0 Å². The van der Waals surface area contributed by atoms with Crippen LogP contribution in [0, 0.1) is 0 Å². The van der Waals surface area contributed by atoms with Crippen molar-refractivity contribution in [2.24, 2.45) is 4.99 Å². The van der Waals surface area contributed by atoms with E-state index < -0.39 is 0 Å². The lowest BCUT2D eigenvalue weighted by Crippen LogP contribution is -2.05.